The van der Waals surface area contributed by atoms with Gasteiger partial charge in [0, 0.05) is 41.5 Å². The molecule has 0 saturated heterocycles. The van der Waals surface area contributed by atoms with E-state index in [1.807, 2.05) is 0 Å². The molecule has 1 aromatic rings. The molecule has 0 bridgehead atoms. The smallest absolute Gasteiger partial charge is 0.150 e. The summed E-state index contributed by atoms with van der Waals surface area (Å²) >= 11 is 0. The third-order valence-corrected chi connectivity index (χ3v) is 14.0. The van der Waals surface area contributed by atoms with Crippen LogP contribution in [0.5, 0.6) is 0 Å². The molecular weight excluding hydrogens is 705 g/mol. The average Bonchev–Trinajstić information content (AvgIpc) is 3.32. The van der Waals surface area contributed by atoms with Crippen LogP contribution in [0.2, 0.25) is 0 Å². The molecule has 1 aromatic carbocycles. The van der Waals surface area contributed by atoms with Crippen LogP contribution in [-0.4, -0.2) is 23.9 Å². The van der Waals surface area contributed by atoms with Crippen LogP contribution in [0.1, 0.15) is 106 Å². The SMILES string of the molecule is C1=CCCC(C2=CNC(C3=CC=C(C4=NC(C5C=CC(C6C=CC=CC6)=CC5)N=C(C5=CCC(C6=CCCCC6)C=C5)N4)CC3)CC2c2cccc3c2C=CCC3)=C1. The second-order valence-electron chi connectivity index (χ2n) is 17.6. The first-order chi connectivity index (χ1) is 28.7. The van der Waals surface area contributed by atoms with Crippen molar-refractivity contribution in [2.75, 3.05) is 0 Å². The van der Waals surface area contributed by atoms with Gasteiger partial charge in [0.05, 0.1) is 0 Å². The molecule has 6 unspecified atom stereocenters. The van der Waals surface area contributed by atoms with E-state index in [1.54, 1.807) is 5.57 Å². The van der Waals surface area contributed by atoms with Crippen LogP contribution >= 0.6 is 0 Å². The van der Waals surface area contributed by atoms with E-state index in [0.717, 1.165) is 75.9 Å². The normalized spacial score (nSPS) is 30.2. The molecule has 0 radical (unpaired) electrons. The van der Waals surface area contributed by atoms with Crippen molar-refractivity contribution < 1.29 is 0 Å². The predicted octanol–water partition coefficient (Wildman–Crippen LogP) is 12.3. The van der Waals surface area contributed by atoms with Crippen molar-refractivity contribution in [3.63, 3.8) is 0 Å². The van der Waals surface area contributed by atoms with Crippen LogP contribution in [0.3, 0.4) is 0 Å². The Kier molecular flexibility index (Phi) is 10.8. The molecule has 4 heteroatoms. The predicted molar refractivity (Wildman–Crippen MR) is 243 cm³/mol. The Bertz CT molecular complexity index is 2280. The Morgan fingerprint density at radius 2 is 1.60 bits per heavy atom. The number of hydrogen-bond acceptors (Lipinski definition) is 4. The molecule has 4 nitrogen and oxygen atoms in total. The van der Waals surface area contributed by atoms with Crippen LogP contribution in [0.15, 0.2) is 177 Å². The number of aryl methyl sites for hydroxylation is 1. The lowest BCUT2D eigenvalue weighted by molar-refractivity contribution is 0.509. The van der Waals surface area contributed by atoms with Gasteiger partial charge in [-0.05, 0) is 134 Å². The van der Waals surface area contributed by atoms with Crippen LogP contribution in [0, 0.1) is 17.8 Å². The van der Waals surface area contributed by atoms with Crippen LogP contribution < -0.4 is 10.6 Å². The number of allylic oxidation sites excluding steroid dienone is 19. The van der Waals surface area contributed by atoms with Gasteiger partial charge in [-0.1, -0.05) is 133 Å². The number of hydrogen-bond donors (Lipinski definition) is 2. The number of nitrogens with zero attached hydrogens (tertiary/aromatic N) is 2. The van der Waals surface area contributed by atoms with E-state index < -0.39 is 0 Å². The second kappa shape index (κ2) is 16.9. The highest BCUT2D eigenvalue weighted by Crippen LogP contribution is 2.43. The highest BCUT2D eigenvalue weighted by atomic mass is 15.2. The zero-order valence-corrected chi connectivity index (χ0v) is 34.0. The van der Waals surface area contributed by atoms with E-state index in [0.29, 0.717) is 23.8 Å². The summed E-state index contributed by atoms with van der Waals surface area (Å²) in [5, 5.41) is 7.70. The van der Waals surface area contributed by atoms with E-state index in [-0.39, 0.29) is 12.1 Å². The van der Waals surface area contributed by atoms with E-state index in [1.165, 1.54) is 75.8 Å². The number of benzene rings is 1. The fourth-order valence-corrected chi connectivity index (χ4v) is 10.6. The third kappa shape index (κ3) is 7.83. The number of aliphatic imine (C=N–C) groups is 2. The van der Waals surface area contributed by atoms with Gasteiger partial charge in [-0.2, -0.15) is 0 Å². The molecule has 58 heavy (non-hydrogen) atoms. The summed E-state index contributed by atoms with van der Waals surface area (Å²) in [4.78, 5) is 10.8. The minimum Gasteiger partial charge on any atom is -0.384 e. The zero-order valence-electron chi connectivity index (χ0n) is 34.0. The van der Waals surface area contributed by atoms with Gasteiger partial charge in [-0.25, -0.2) is 9.98 Å². The van der Waals surface area contributed by atoms with Crippen LogP contribution in [-0.2, 0) is 6.42 Å². The first-order valence-corrected chi connectivity index (χ1v) is 22.5. The Morgan fingerprint density at radius 1 is 0.638 bits per heavy atom. The van der Waals surface area contributed by atoms with Crippen molar-refractivity contribution >= 4 is 17.7 Å². The van der Waals surface area contributed by atoms with Crippen molar-refractivity contribution in [1.29, 1.82) is 0 Å². The summed E-state index contributed by atoms with van der Waals surface area (Å²) in [6, 6.07) is 7.33. The maximum atomic E-state index is 5.40. The lowest BCUT2D eigenvalue weighted by Crippen LogP contribution is -2.41. The van der Waals surface area contributed by atoms with Gasteiger partial charge in [0.25, 0.3) is 0 Å². The molecule has 6 atom stereocenters. The van der Waals surface area contributed by atoms with Crippen molar-refractivity contribution in [3.8, 4) is 0 Å². The molecule has 0 fully saturated rings. The summed E-state index contributed by atoms with van der Waals surface area (Å²) < 4.78 is 0. The van der Waals surface area contributed by atoms with E-state index in [4.69, 9.17) is 9.98 Å². The van der Waals surface area contributed by atoms with Crippen molar-refractivity contribution in [2.24, 2.45) is 27.7 Å². The van der Waals surface area contributed by atoms with Crippen LogP contribution in [0.4, 0.5) is 0 Å². The minimum absolute atomic E-state index is 0.152. The van der Waals surface area contributed by atoms with Gasteiger partial charge < -0.3 is 10.6 Å². The van der Waals surface area contributed by atoms with Crippen molar-refractivity contribution in [3.05, 3.63) is 183 Å². The fourth-order valence-electron chi connectivity index (χ4n) is 10.6. The lowest BCUT2D eigenvalue weighted by Gasteiger charge is -2.36. The topological polar surface area (TPSA) is 48.8 Å². The molecule has 10 rings (SSSR count). The highest BCUT2D eigenvalue weighted by molar-refractivity contribution is 6.16. The molecule has 0 amide bonds. The monoisotopic (exact) mass is 762 g/mol. The number of amidine groups is 2. The molecule has 0 saturated carbocycles. The molecule has 2 aliphatic heterocycles. The summed E-state index contributed by atoms with van der Waals surface area (Å²) in [5.41, 5.74) is 14.4. The molecule has 2 heterocycles. The quantitative estimate of drug-likeness (QED) is 0.259. The summed E-state index contributed by atoms with van der Waals surface area (Å²) in [7, 11) is 0. The molecular formula is C54H58N4. The third-order valence-electron chi connectivity index (χ3n) is 14.0. The highest BCUT2D eigenvalue weighted by Gasteiger charge is 2.33. The van der Waals surface area contributed by atoms with Crippen LogP contribution in [0.25, 0.3) is 6.08 Å². The van der Waals surface area contributed by atoms with Gasteiger partial charge in [0.15, 0.2) is 6.17 Å². The minimum atomic E-state index is -0.152. The van der Waals surface area contributed by atoms with Crippen molar-refractivity contribution in [1.82, 2.24) is 10.6 Å². The molecule has 9 aliphatic rings. The van der Waals surface area contributed by atoms with E-state index in [9.17, 15) is 0 Å². The first-order valence-electron chi connectivity index (χ1n) is 22.5. The number of rotatable bonds is 8. The summed E-state index contributed by atoms with van der Waals surface area (Å²) in [6.07, 6.45) is 60.2. The molecule has 294 valence electrons. The van der Waals surface area contributed by atoms with E-state index >= 15 is 0 Å². The largest absolute Gasteiger partial charge is 0.384 e. The van der Waals surface area contributed by atoms with Crippen molar-refractivity contribution in [2.45, 2.75) is 108 Å². The zero-order chi connectivity index (χ0) is 38.7. The maximum absolute atomic E-state index is 5.40. The summed E-state index contributed by atoms with van der Waals surface area (Å²) in [6.45, 7) is 0. The van der Waals surface area contributed by atoms with Gasteiger partial charge in [-0.15, -0.1) is 0 Å². The Labute approximate surface area is 346 Å². The lowest BCUT2D eigenvalue weighted by atomic mass is 9.74. The molecule has 7 aliphatic carbocycles. The molecule has 0 spiro atoms. The van der Waals surface area contributed by atoms with Gasteiger partial charge in [-0.3, -0.25) is 0 Å². The standard InChI is InChI=1S/C54H58N4/c1-4-13-37(14-5-1)39-23-29-44(30-24-39)52-56-53(45-31-25-40(26-32-45)38-15-6-2-7-16-38)58-54(57-52)46-33-27-43(28-34-46)51-35-49(50(36-55-51)42-17-8-3-9-18-42)48-22-12-20-41-19-10-11-21-47(41)48/h1,3-5,8,11-13,15,17,20-25,27,29,31-33,36-37,40,44,49,51-52,55H,2,6-7,9-10,14,16,18-19,26,28,30,34-35H2,(H,56,57,58). The Morgan fingerprint density at radius 3 is 2.40 bits per heavy atom. The number of fused-ring (bicyclic) bond motifs is 1. The molecule has 0 aromatic heterocycles. The van der Waals surface area contributed by atoms with Gasteiger partial charge in [0.2, 0.25) is 0 Å². The van der Waals surface area contributed by atoms with Gasteiger partial charge in [0.1, 0.15) is 11.7 Å². The fraction of sp³-hybridized carbons (Fsp3) is 0.370. The number of nitrogens with one attached hydrogen (secondary N) is 2. The molecule has 2 N–H and O–H groups in total. The Hall–Kier alpha value is -5.22. The Balaban J connectivity index is 0.912. The average molecular weight is 763 g/mol. The maximum Gasteiger partial charge on any atom is 0.150 e. The van der Waals surface area contributed by atoms with E-state index in [2.05, 4.69) is 144 Å². The first kappa shape index (κ1) is 37.1. The second-order valence-corrected chi connectivity index (χ2v) is 17.6. The summed E-state index contributed by atoms with van der Waals surface area (Å²) in [5.74, 6) is 3.57. The van der Waals surface area contributed by atoms with Gasteiger partial charge >= 0.3 is 0 Å².